The zero-order valence-corrected chi connectivity index (χ0v) is 10.7. The molecule has 0 saturated carbocycles. The standard InChI is InChI=1S/C12H27NO3/c1-3-4-12(11-13)5-6-15-9-10-16-8-7-14-2/h12H,3-11,13H2,1-2H3. The van der Waals surface area contributed by atoms with Crippen molar-refractivity contribution in [1.82, 2.24) is 0 Å². The fraction of sp³-hybridized carbons (Fsp3) is 1.00. The molecule has 1 atom stereocenters. The van der Waals surface area contributed by atoms with E-state index in [9.17, 15) is 0 Å². The van der Waals surface area contributed by atoms with Gasteiger partial charge in [-0.25, -0.2) is 0 Å². The van der Waals surface area contributed by atoms with Crippen LogP contribution in [-0.2, 0) is 14.2 Å². The minimum absolute atomic E-state index is 0.611. The van der Waals surface area contributed by atoms with Gasteiger partial charge in [0.1, 0.15) is 0 Å². The van der Waals surface area contributed by atoms with Gasteiger partial charge in [0.05, 0.1) is 26.4 Å². The van der Waals surface area contributed by atoms with E-state index in [-0.39, 0.29) is 0 Å². The first-order valence-electron chi connectivity index (χ1n) is 6.19. The lowest BCUT2D eigenvalue weighted by atomic mass is 10.0. The molecule has 0 bridgehead atoms. The summed E-state index contributed by atoms with van der Waals surface area (Å²) in [6, 6.07) is 0. The van der Waals surface area contributed by atoms with Gasteiger partial charge in [0.15, 0.2) is 0 Å². The highest BCUT2D eigenvalue weighted by Crippen LogP contribution is 2.08. The molecular weight excluding hydrogens is 206 g/mol. The van der Waals surface area contributed by atoms with Gasteiger partial charge in [0.25, 0.3) is 0 Å². The van der Waals surface area contributed by atoms with Crippen LogP contribution in [0.25, 0.3) is 0 Å². The first-order valence-corrected chi connectivity index (χ1v) is 6.19. The van der Waals surface area contributed by atoms with Gasteiger partial charge in [0, 0.05) is 13.7 Å². The maximum Gasteiger partial charge on any atom is 0.0701 e. The van der Waals surface area contributed by atoms with Crippen LogP contribution in [0.3, 0.4) is 0 Å². The molecule has 0 spiro atoms. The van der Waals surface area contributed by atoms with Crippen LogP contribution < -0.4 is 5.73 Å². The van der Waals surface area contributed by atoms with E-state index < -0.39 is 0 Å². The Morgan fingerprint density at radius 1 is 0.938 bits per heavy atom. The van der Waals surface area contributed by atoms with Crippen LogP contribution in [0.15, 0.2) is 0 Å². The molecule has 16 heavy (non-hydrogen) atoms. The van der Waals surface area contributed by atoms with Crippen LogP contribution in [0.1, 0.15) is 26.2 Å². The number of hydrogen-bond donors (Lipinski definition) is 1. The van der Waals surface area contributed by atoms with Gasteiger partial charge in [-0.05, 0) is 25.3 Å². The summed E-state index contributed by atoms with van der Waals surface area (Å²) in [4.78, 5) is 0. The first kappa shape index (κ1) is 15.8. The molecule has 0 aromatic rings. The van der Waals surface area contributed by atoms with Crippen molar-refractivity contribution in [2.24, 2.45) is 11.7 Å². The highest BCUT2D eigenvalue weighted by atomic mass is 16.5. The summed E-state index contributed by atoms with van der Waals surface area (Å²) in [6.45, 7) is 6.33. The second-order valence-electron chi connectivity index (χ2n) is 3.90. The molecular formula is C12H27NO3. The van der Waals surface area contributed by atoms with Crippen molar-refractivity contribution in [2.75, 3.05) is 46.7 Å². The predicted molar refractivity (Wildman–Crippen MR) is 65.6 cm³/mol. The Morgan fingerprint density at radius 3 is 2.12 bits per heavy atom. The molecule has 0 saturated heterocycles. The minimum Gasteiger partial charge on any atom is -0.382 e. The third kappa shape index (κ3) is 10.4. The van der Waals surface area contributed by atoms with E-state index in [2.05, 4.69) is 6.92 Å². The molecule has 0 aliphatic carbocycles. The molecule has 2 N–H and O–H groups in total. The molecule has 0 aromatic carbocycles. The van der Waals surface area contributed by atoms with Gasteiger partial charge in [-0.2, -0.15) is 0 Å². The van der Waals surface area contributed by atoms with E-state index in [0.29, 0.717) is 32.3 Å². The van der Waals surface area contributed by atoms with Gasteiger partial charge in [-0.3, -0.25) is 0 Å². The highest BCUT2D eigenvalue weighted by molar-refractivity contribution is 4.58. The predicted octanol–water partition coefficient (Wildman–Crippen LogP) is 1.43. The van der Waals surface area contributed by atoms with Crippen LogP contribution in [0.4, 0.5) is 0 Å². The second kappa shape index (κ2) is 12.9. The topological polar surface area (TPSA) is 53.7 Å². The van der Waals surface area contributed by atoms with Crippen molar-refractivity contribution >= 4 is 0 Å². The SMILES string of the molecule is CCCC(CN)CCOCCOCCOC. The van der Waals surface area contributed by atoms with Crippen LogP contribution in [0, 0.1) is 5.92 Å². The van der Waals surface area contributed by atoms with Crippen molar-refractivity contribution in [3.8, 4) is 0 Å². The average molecular weight is 233 g/mol. The van der Waals surface area contributed by atoms with Crippen molar-refractivity contribution in [3.05, 3.63) is 0 Å². The number of methoxy groups -OCH3 is 1. The molecule has 0 heterocycles. The van der Waals surface area contributed by atoms with Crippen molar-refractivity contribution < 1.29 is 14.2 Å². The summed E-state index contributed by atoms with van der Waals surface area (Å²) in [5.41, 5.74) is 5.66. The zero-order valence-electron chi connectivity index (χ0n) is 10.7. The van der Waals surface area contributed by atoms with Gasteiger partial charge in [-0.1, -0.05) is 13.3 Å². The Kier molecular flexibility index (Phi) is 12.8. The summed E-state index contributed by atoms with van der Waals surface area (Å²) >= 11 is 0. The molecule has 0 aromatic heterocycles. The summed E-state index contributed by atoms with van der Waals surface area (Å²) in [7, 11) is 1.67. The van der Waals surface area contributed by atoms with E-state index in [0.717, 1.165) is 19.6 Å². The van der Waals surface area contributed by atoms with E-state index in [1.807, 2.05) is 0 Å². The number of ether oxygens (including phenoxy) is 3. The van der Waals surface area contributed by atoms with Crippen LogP contribution in [0.2, 0.25) is 0 Å². The smallest absolute Gasteiger partial charge is 0.0701 e. The molecule has 0 amide bonds. The Balaban J connectivity index is 3.12. The van der Waals surface area contributed by atoms with E-state index in [4.69, 9.17) is 19.9 Å². The van der Waals surface area contributed by atoms with E-state index in [1.165, 1.54) is 12.8 Å². The van der Waals surface area contributed by atoms with Gasteiger partial charge in [0.2, 0.25) is 0 Å². The van der Waals surface area contributed by atoms with Crippen LogP contribution in [0.5, 0.6) is 0 Å². The van der Waals surface area contributed by atoms with Gasteiger partial charge in [-0.15, -0.1) is 0 Å². The maximum atomic E-state index is 5.66. The zero-order chi connectivity index (χ0) is 12.1. The second-order valence-corrected chi connectivity index (χ2v) is 3.90. The van der Waals surface area contributed by atoms with Gasteiger partial charge < -0.3 is 19.9 Å². The lowest BCUT2D eigenvalue weighted by molar-refractivity contribution is 0.0218. The van der Waals surface area contributed by atoms with Crippen LogP contribution >= 0.6 is 0 Å². The largest absolute Gasteiger partial charge is 0.382 e. The Bertz CT molecular complexity index is 133. The third-order valence-corrected chi connectivity index (χ3v) is 2.50. The normalized spacial score (nSPS) is 12.9. The lowest BCUT2D eigenvalue weighted by Crippen LogP contribution is -2.17. The van der Waals surface area contributed by atoms with Crippen molar-refractivity contribution in [3.63, 3.8) is 0 Å². The molecule has 0 radical (unpaired) electrons. The number of rotatable bonds is 12. The highest BCUT2D eigenvalue weighted by Gasteiger charge is 2.04. The summed E-state index contributed by atoms with van der Waals surface area (Å²) < 4.78 is 15.6. The maximum absolute atomic E-state index is 5.66. The van der Waals surface area contributed by atoms with Gasteiger partial charge >= 0.3 is 0 Å². The molecule has 0 aliphatic rings. The van der Waals surface area contributed by atoms with E-state index in [1.54, 1.807) is 7.11 Å². The molecule has 98 valence electrons. The van der Waals surface area contributed by atoms with Crippen molar-refractivity contribution in [2.45, 2.75) is 26.2 Å². The number of hydrogen-bond acceptors (Lipinski definition) is 4. The molecule has 0 rings (SSSR count). The quantitative estimate of drug-likeness (QED) is 0.518. The van der Waals surface area contributed by atoms with Crippen LogP contribution in [-0.4, -0.2) is 46.7 Å². The fourth-order valence-corrected chi connectivity index (χ4v) is 1.50. The van der Waals surface area contributed by atoms with Crippen molar-refractivity contribution in [1.29, 1.82) is 0 Å². The molecule has 4 heteroatoms. The Labute approximate surface area is 99.4 Å². The molecule has 4 nitrogen and oxygen atoms in total. The molecule has 0 aliphatic heterocycles. The first-order chi connectivity index (χ1) is 7.85. The molecule has 1 unspecified atom stereocenters. The number of nitrogens with two attached hydrogens (primary N) is 1. The Hall–Kier alpha value is -0.160. The summed E-state index contributed by atoms with van der Waals surface area (Å²) in [5, 5.41) is 0. The summed E-state index contributed by atoms with van der Waals surface area (Å²) in [6.07, 6.45) is 3.45. The lowest BCUT2D eigenvalue weighted by Gasteiger charge is -2.13. The fourth-order valence-electron chi connectivity index (χ4n) is 1.50. The molecule has 0 fully saturated rings. The average Bonchev–Trinajstić information content (AvgIpc) is 2.31. The Morgan fingerprint density at radius 2 is 1.56 bits per heavy atom. The monoisotopic (exact) mass is 233 g/mol. The summed E-state index contributed by atoms with van der Waals surface area (Å²) in [5.74, 6) is 0.611. The minimum atomic E-state index is 0.611. The third-order valence-electron chi connectivity index (χ3n) is 2.50. The van der Waals surface area contributed by atoms with E-state index >= 15 is 0 Å².